The molecule has 0 saturated carbocycles. The molecule has 0 saturated heterocycles. The maximum absolute atomic E-state index is 9.77. The molecule has 0 unspecified atom stereocenters. The molecule has 2 rings (SSSR count). The molecule has 3 heteroatoms. The van der Waals surface area contributed by atoms with Gasteiger partial charge in [-0.2, -0.15) is 0 Å². The van der Waals surface area contributed by atoms with Crippen LogP contribution in [-0.4, -0.2) is 24.4 Å². The van der Waals surface area contributed by atoms with Crippen molar-refractivity contribution in [2.24, 2.45) is 0 Å². The normalized spacial score (nSPS) is 11.8. The first-order valence-electron chi connectivity index (χ1n) is 6.52. The predicted molar refractivity (Wildman–Crippen MR) is 78.5 cm³/mol. The second-order valence-electron chi connectivity index (χ2n) is 5.39. The zero-order chi connectivity index (χ0) is 13.9. The summed E-state index contributed by atoms with van der Waals surface area (Å²) in [5.41, 5.74) is 0.299. The van der Waals surface area contributed by atoms with Crippen LogP contribution < -0.4 is 10.1 Å². The Morgan fingerprint density at radius 2 is 1.89 bits per heavy atom. The second-order valence-corrected chi connectivity index (χ2v) is 5.39. The highest BCUT2D eigenvalue weighted by Gasteiger charge is 2.15. The number of aliphatic hydroxyl groups is 1. The quantitative estimate of drug-likeness (QED) is 0.867. The maximum atomic E-state index is 9.77. The topological polar surface area (TPSA) is 41.5 Å². The molecule has 0 aromatic heterocycles. The van der Waals surface area contributed by atoms with Crippen molar-refractivity contribution in [1.29, 1.82) is 0 Å². The van der Waals surface area contributed by atoms with Crippen molar-refractivity contribution < 1.29 is 9.84 Å². The van der Waals surface area contributed by atoms with Gasteiger partial charge in [0.15, 0.2) is 0 Å². The third kappa shape index (κ3) is 3.46. The van der Waals surface area contributed by atoms with Crippen LogP contribution >= 0.6 is 0 Å². The van der Waals surface area contributed by atoms with Crippen molar-refractivity contribution in [2.75, 3.05) is 13.7 Å². The Labute approximate surface area is 114 Å². The molecule has 0 bridgehead atoms. The van der Waals surface area contributed by atoms with Crippen molar-refractivity contribution in [3.05, 3.63) is 42.0 Å². The number of hydrogen-bond donors (Lipinski definition) is 2. The lowest BCUT2D eigenvalue weighted by Crippen LogP contribution is -2.28. The monoisotopic (exact) mass is 259 g/mol. The van der Waals surface area contributed by atoms with E-state index in [9.17, 15) is 5.11 Å². The molecule has 102 valence electrons. The molecule has 2 N–H and O–H groups in total. The number of benzene rings is 2. The molecule has 0 aliphatic carbocycles. The fraction of sp³-hybridized carbons (Fsp3) is 0.375. The SMILES string of the molecule is CNCc1c(OCC(C)(C)O)ccc2ccccc12. The summed E-state index contributed by atoms with van der Waals surface area (Å²) >= 11 is 0. The standard InChI is InChI=1S/C16H21NO2/c1-16(2,18)11-19-15-9-8-12-6-4-5-7-13(12)14(15)10-17-3/h4-9,17-18H,10-11H2,1-3H3. The molecular formula is C16H21NO2. The average Bonchev–Trinajstić information content (AvgIpc) is 2.37. The Morgan fingerprint density at radius 3 is 2.58 bits per heavy atom. The zero-order valence-corrected chi connectivity index (χ0v) is 11.7. The first kappa shape index (κ1) is 13.8. The van der Waals surface area contributed by atoms with E-state index in [0.717, 1.165) is 17.9 Å². The van der Waals surface area contributed by atoms with Gasteiger partial charge in [-0.1, -0.05) is 30.3 Å². The molecule has 0 aliphatic heterocycles. The Morgan fingerprint density at radius 1 is 1.16 bits per heavy atom. The van der Waals surface area contributed by atoms with Crippen LogP contribution in [0.25, 0.3) is 10.8 Å². The average molecular weight is 259 g/mol. The molecule has 2 aromatic carbocycles. The second kappa shape index (κ2) is 5.59. The Hall–Kier alpha value is -1.58. The third-order valence-electron chi connectivity index (χ3n) is 2.93. The van der Waals surface area contributed by atoms with Gasteiger partial charge in [0.2, 0.25) is 0 Å². The number of rotatable bonds is 5. The van der Waals surface area contributed by atoms with E-state index in [1.807, 2.05) is 31.3 Å². The lowest BCUT2D eigenvalue weighted by Gasteiger charge is -2.20. The molecule has 2 aromatic rings. The third-order valence-corrected chi connectivity index (χ3v) is 2.93. The van der Waals surface area contributed by atoms with Crippen molar-refractivity contribution >= 4 is 10.8 Å². The molecule has 0 aliphatic rings. The minimum Gasteiger partial charge on any atom is -0.490 e. The zero-order valence-electron chi connectivity index (χ0n) is 11.7. The minimum atomic E-state index is -0.831. The van der Waals surface area contributed by atoms with Gasteiger partial charge in [0.25, 0.3) is 0 Å². The Kier molecular flexibility index (Phi) is 4.08. The molecule has 0 atom stereocenters. The smallest absolute Gasteiger partial charge is 0.124 e. The van der Waals surface area contributed by atoms with E-state index in [-0.39, 0.29) is 6.61 Å². The van der Waals surface area contributed by atoms with Gasteiger partial charge in [-0.25, -0.2) is 0 Å². The van der Waals surface area contributed by atoms with Crippen molar-refractivity contribution in [2.45, 2.75) is 26.0 Å². The largest absolute Gasteiger partial charge is 0.490 e. The van der Waals surface area contributed by atoms with Gasteiger partial charge in [-0.05, 0) is 37.7 Å². The van der Waals surface area contributed by atoms with Crippen molar-refractivity contribution in [3.63, 3.8) is 0 Å². The summed E-state index contributed by atoms with van der Waals surface area (Å²) in [5.74, 6) is 0.829. The first-order chi connectivity index (χ1) is 9.01. The fourth-order valence-electron chi connectivity index (χ4n) is 2.06. The number of hydrogen-bond acceptors (Lipinski definition) is 3. The van der Waals surface area contributed by atoms with Gasteiger partial charge in [-0.3, -0.25) is 0 Å². The number of fused-ring (bicyclic) bond motifs is 1. The van der Waals surface area contributed by atoms with Gasteiger partial charge in [0.1, 0.15) is 12.4 Å². The molecule has 0 heterocycles. The summed E-state index contributed by atoms with van der Waals surface area (Å²) in [6.07, 6.45) is 0. The minimum absolute atomic E-state index is 0.280. The van der Waals surface area contributed by atoms with E-state index < -0.39 is 5.60 Å². The van der Waals surface area contributed by atoms with Gasteiger partial charge in [0.05, 0.1) is 5.60 Å². The first-order valence-corrected chi connectivity index (χ1v) is 6.52. The van der Waals surface area contributed by atoms with Crippen LogP contribution in [-0.2, 0) is 6.54 Å². The van der Waals surface area contributed by atoms with E-state index in [2.05, 4.69) is 17.4 Å². The molecule has 19 heavy (non-hydrogen) atoms. The van der Waals surface area contributed by atoms with Gasteiger partial charge >= 0.3 is 0 Å². The van der Waals surface area contributed by atoms with E-state index in [1.165, 1.54) is 10.8 Å². The highest BCUT2D eigenvalue weighted by molar-refractivity contribution is 5.87. The molecule has 0 amide bonds. The Bertz CT molecular complexity index is 558. The summed E-state index contributed by atoms with van der Waals surface area (Å²) in [6, 6.07) is 12.3. The molecule has 0 radical (unpaired) electrons. The van der Waals surface area contributed by atoms with Gasteiger partial charge in [0, 0.05) is 12.1 Å². The molecular weight excluding hydrogens is 238 g/mol. The van der Waals surface area contributed by atoms with E-state index in [0.29, 0.717) is 0 Å². The van der Waals surface area contributed by atoms with E-state index in [1.54, 1.807) is 13.8 Å². The van der Waals surface area contributed by atoms with Crippen LogP contribution in [0.15, 0.2) is 36.4 Å². The fourth-order valence-corrected chi connectivity index (χ4v) is 2.06. The number of nitrogens with one attached hydrogen (secondary N) is 1. The number of ether oxygens (including phenoxy) is 1. The van der Waals surface area contributed by atoms with E-state index in [4.69, 9.17) is 4.74 Å². The predicted octanol–water partition coefficient (Wildman–Crippen LogP) is 2.71. The summed E-state index contributed by atoms with van der Waals surface area (Å²) in [6.45, 7) is 4.50. The summed E-state index contributed by atoms with van der Waals surface area (Å²) in [7, 11) is 1.92. The van der Waals surface area contributed by atoms with E-state index >= 15 is 0 Å². The summed E-state index contributed by atoms with van der Waals surface area (Å²) in [5, 5.41) is 15.3. The summed E-state index contributed by atoms with van der Waals surface area (Å²) < 4.78 is 5.77. The van der Waals surface area contributed by atoms with Crippen molar-refractivity contribution in [3.8, 4) is 5.75 Å². The van der Waals surface area contributed by atoms with Crippen LogP contribution in [0.2, 0.25) is 0 Å². The molecule has 0 spiro atoms. The van der Waals surface area contributed by atoms with Gasteiger partial charge < -0.3 is 15.2 Å². The molecule has 0 fully saturated rings. The van der Waals surface area contributed by atoms with Crippen LogP contribution in [0.3, 0.4) is 0 Å². The van der Waals surface area contributed by atoms with Crippen LogP contribution in [0.4, 0.5) is 0 Å². The van der Waals surface area contributed by atoms with Crippen molar-refractivity contribution in [1.82, 2.24) is 5.32 Å². The van der Waals surface area contributed by atoms with Crippen LogP contribution in [0.1, 0.15) is 19.4 Å². The lowest BCUT2D eigenvalue weighted by molar-refractivity contribution is 0.0282. The highest BCUT2D eigenvalue weighted by atomic mass is 16.5. The van der Waals surface area contributed by atoms with Crippen LogP contribution in [0.5, 0.6) is 5.75 Å². The lowest BCUT2D eigenvalue weighted by atomic mass is 10.0. The summed E-state index contributed by atoms with van der Waals surface area (Å²) in [4.78, 5) is 0. The highest BCUT2D eigenvalue weighted by Crippen LogP contribution is 2.28. The Balaban J connectivity index is 2.39. The maximum Gasteiger partial charge on any atom is 0.124 e. The van der Waals surface area contributed by atoms with Gasteiger partial charge in [-0.15, -0.1) is 0 Å². The van der Waals surface area contributed by atoms with Crippen LogP contribution in [0, 0.1) is 0 Å². The molecule has 3 nitrogen and oxygen atoms in total.